The molecule has 2 N–H and O–H groups in total. The van der Waals surface area contributed by atoms with Crippen molar-refractivity contribution in [2.24, 2.45) is 0 Å². The second kappa shape index (κ2) is 10.6. The average molecular weight is 446 g/mol. The Morgan fingerprint density at radius 3 is 2.29 bits per heavy atom. The minimum absolute atomic E-state index is 0.0668. The van der Waals surface area contributed by atoms with Gasteiger partial charge in [-0.05, 0) is 56.3 Å². The standard InChI is InChI=1S/C21H24BrN3O3/c1-3-25(4-2)21(28)16-6-5-7-18(14-16)24-19(26)12-13-23-20(27)15-8-10-17(22)11-9-15/h5-11,14H,3-4,12-13H2,1-2H3,(H,23,27)(H,24,26). The molecule has 28 heavy (non-hydrogen) atoms. The van der Waals surface area contributed by atoms with Crippen molar-refractivity contribution >= 4 is 39.3 Å². The third kappa shape index (κ3) is 6.20. The van der Waals surface area contributed by atoms with Gasteiger partial charge in [-0.2, -0.15) is 0 Å². The number of halogens is 1. The van der Waals surface area contributed by atoms with Gasteiger partial charge >= 0.3 is 0 Å². The van der Waals surface area contributed by atoms with E-state index >= 15 is 0 Å². The Morgan fingerprint density at radius 1 is 0.964 bits per heavy atom. The predicted octanol–water partition coefficient (Wildman–Crippen LogP) is 3.69. The highest BCUT2D eigenvalue weighted by molar-refractivity contribution is 9.10. The Balaban J connectivity index is 1.86. The molecular formula is C21H24BrN3O3. The van der Waals surface area contributed by atoms with Crippen LogP contribution in [0, 0.1) is 0 Å². The van der Waals surface area contributed by atoms with E-state index < -0.39 is 0 Å². The number of benzene rings is 2. The zero-order valence-corrected chi connectivity index (χ0v) is 17.6. The molecule has 2 aromatic carbocycles. The summed E-state index contributed by atoms with van der Waals surface area (Å²) >= 11 is 3.32. The monoisotopic (exact) mass is 445 g/mol. The molecule has 0 aromatic heterocycles. The molecule has 0 aliphatic heterocycles. The molecule has 7 heteroatoms. The second-order valence-corrected chi connectivity index (χ2v) is 7.03. The van der Waals surface area contributed by atoms with Crippen LogP contribution in [0.3, 0.4) is 0 Å². The van der Waals surface area contributed by atoms with Gasteiger partial charge in [0.1, 0.15) is 0 Å². The summed E-state index contributed by atoms with van der Waals surface area (Å²) in [6.45, 7) is 5.33. The number of nitrogens with one attached hydrogen (secondary N) is 2. The number of anilines is 1. The van der Waals surface area contributed by atoms with E-state index in [-0.39, 0.29) is 30.7 Å². The summed E-state index contributed by atoms with van der Waals surface area (Å²) < 4.78 is 0.894. The summed E-state index contributed by atoms with van der Waals surface area (Å²) in [6, 6.07) is 13.9. The molecule has 0 bridgehead atoms. The van der Waals surface area contributed by atoms with Crippen LogP contribution in [0.5, 0.6) is 0 Å². The van der Waals surface area contributed by atoms with Crippen LogP contribution in [0.15, 0.2) is 53.0 Å². The third-order valence-electron chi connectivity index (χ3n) is 4.19. The molecule has 0 radical (unpaired) electrons. The molecule has 0 fully saturated rings. The van der Waals surface area contributed by atoms with Crippen LogP contribution >= 0.6 is 15.9 Å². The van der Waals surface area contributed by atoms with E-state index in [1.807, 2.05) is 13.8 Å². The zero-order chi connectivity index (χ0) is 20.5. The molecule has 0 atom stereocenters. The summed E-state index contributed by atoms with van der Waals surface area (Å²) in [7, 11) is 0. The van der Waals surface area contributed by atoms with Crippen LogP contribution in [0.4, 0.5) is 5.69 Å². The summed E-state index contributed by atoms with van der Waals surface area (Å²) in [5.41, 5.74) is 1.62. The van der Waals surface area contributed by atoms with Crippen molar-refractivity contribution < 1.29 is 14.4 Å². The quantitative estimate of drug-likeness (QED) is 0.650. The van der Waals surface area contributed by atoms with E-state index in [2.05, 4.69) is 26.6 Å². The first kappa shape index (κ1) is 21.6. The fourth-order valence-electron chi connectivity index (χ4n) is 2.64. The van der Waals surface area contributed by atoms with Gasteiger partial charge < -0.3 is 15.5 Å². The van der Waals surface area contributed by atoms with E-state index in [0.717, 1.165) is 4.47 Å². The summed E-state index contributed by atoms with van der Waals surface area (Å²) in [5, 5.41) is 5.48. The topological polar surface area (TPSA) is 78.5 Å². The van der Waals surface area contributed by atoms with Crippen LogP contribution < -0.4 is 10.6 Å². The summed E-state index contributed by atoms with van der Waals surface area (Å²) in [5.74, 6) is -0.529. The minimum Gasteiger partial charge on any atom is -0.352 e. The van der Waals surface area contributed by atoms with Crippen molar-refractivity contribution in [1.82, 2.24) is 10.2 Å². The molecule has 0 saturated heterocycles. The van der Waals surface area contributed by atoms with Crippen molar-refractivity contribution in [2.45, 2.75) is 20.3 Å². The van der Waals surface area contributed by atoms with Crippen LogP contribution in [-0.2, 0) is 4.79 Å². The first-order chi connectivity index (χ1) is 13.4. The van der Waals surface area contributed by atoms with Gasteiger partial charge in [-0.3, -0.25) is 14.4 Å². The molecule has 0 unspecified atom stereocenters. The normalized spacial score (nSPS) is 10.2. The van der Waals surface area contributed by atoms with Crippen LogP contribution in [0.25, 0.3) is 0 Å². The largest absolute Gasteiger partial charge is 0.352 e. The fraction of sp³-hybridized carbons (Fsp3) is 0.286. The molecule has 0 aliphatic carbocycles. The van der Waals surface area contributed by atoms with Crippen molar-refractivity contribution in [1.29, 1.82) is 0 Å². The highest BCUT2D eigenvalue weighted by Gasteiger charge is 2.13. The van der Waals surface area contributed by atoms with Crippen LogP contribution in [-0.4, -0.2) is 42.3 Å². The number of carbonyl (C=O) groups is 3. The molecule has 148 valence electrons. The van der Waals surface area contributed by atoms with E-state index in [9.17, 15) is 14.4 Å². The van der Waals surface area contributed by atoms with Crippen molar-refractivity contribution in [3.8, 4) is 0 Å². The lowest BCUT2D eigenvalue weighted by Crippen LogP contribution is -2.30. The smallest absolute Gasteiger partial charge is 0.253 e. The first-order valence-electron chi connectivity index (χ1n) is 9.17. The second-order valence-electron chi connectivity index (χ2n) is 6.12. The first-order valence-corrected chi connectivity index (χ1v) is 9.96. The van der Waals surface area contributed by atoms with Gasteiger partial charge in [0.2, 0.25) is 5.91 Å². The highest BCUT2D eigenvalue weighted by Crippen LogP contribution is 2.13. The van der Waals surface area contributed by atoms with Gasteiger partial charge in [-0.15, -0.1) is 0 Å². The molecule has 3 amide bonds. The molecular weight excluding hydrogens is 422 g/mol. The minimum atomic E-state index is -0.233. The van der Waals surface area contributed by atoms with Gasteiger partial charge in [-0.25, -0.2) is 0 Å². The lowest BCUT2D eigenvalue weighted by molar-refractivity contribution is -0.116. The van der Waals surface area contributed by atoms with Crippen molar-refractivity contribution in [3.05, 3.63) is 64.1 Å². The summed E-state index contributed by atoms with van der Waals surface area (Å²) in [4.78, 5) is 38.3. The number of nitrogens with zero attached hydrogens (tertiary/aromatic N) is 1. The maximum Gasteiger partial charge on any atom is 0.253 e. The Kier molecular flexibility index (Phi) is 8.19. The number of hydrogen-bond donors (Lipinski definition) is 2. The van der Waals surface area contributed by atoms with Gasteiger partial charge in [0.15, 0.2) is 0 Å². The summed E-state index contributed by atoms with van der Waals surface area (Å²) in [6.07, 6.45) is 0.135. The fourth-order valence-corrected chi connectivity index (χ4v) is 2.90. The molecule has 0 spiro atoms. The van der Waals surface area contributed by atoms with Gasteiger partial charge in [-0.1, -0.05) is 22.0 Å². The molecule has 2 rings (SSSR count). The number of rotatable bonds is 8. The maximum atomic E-state index is 12.4. The number of carbonyl (C=O) groups excluding carboxylic acids is 3. The van der Waals surface area contributed by atoms with E-state index in [1.54, 1.807) is 53.4 Å². The SMILES string of the molecule is CCN(CC)C(=O)c1cccc(NC(=O)CCNC(=O)c2ccc(Br)cc2)c1. The molecule has 0 saturated carbocycles. The predicted molar refractivity (Wildman–Crippen MR) is 113 cm³/mol. The van der Waals surface area contributed by atoms with E-state index in [1.165, 1.54) is 0 Å². The van der Waals surface area contributed by atoms with Gasteiger partial charge in [0.05, 0.1) is 0 Å². The highest BCUT2D eigenvalue weighted by atomic mass is 79.9. The van der Waals surface area contributed by atoms with Gasteiger partial charge in [0, 0.05) is 47.3 Å². The Hall–Kier alpha value is -2.67. The van der Waals surface area contributed by atoms with Gasteiger partial charge in [0.25, 0.3) is 11.8 Å². The third-order valence-corrected chi connectivity index (χ3v) is 4.72. The zero-order valence-electron chi connectivity index (χ0n) is 16.0. The number of hydrogen-bond acceptors (Lipinski definition) is 3. The van der Waals surface area contributed by atoms with Crippen LogP contribution in [0.2, 0.25) is 0 Å². The van der Waals surface area contributed by atoms with Crippen molar-refractivity contribution in [3.63, 3.8) is 0 Å². The average Bonchev–Trinajstić information content (AvgIpc) is 2.69. The Labute approximate surface area is 173 Å². The lowest BCUT2D eigenvalue weighted by Gasteiger charge is -2.19. The van der Waals surface area contributed by atoms with E-state index in [4.69, 9.17) is 0 Å². The molecule has 0 aliphatic rings. The maximum absolute atomic E-state index is 12.4. The molecule has 2 aromatic rings. The lowest BCUT2D eigenvalue weighted by atomic mass is 10.1. The van der Waals surface area contributed by atoms with Crippen molar-refractivity contribution in [2.75, 3.05) is 25.0 Å². The Morgan fingerprint density at radius 2 is 1.64 bits per heavy atom. The Bertz CT molecular complexity index is 833. The number of amides is 3. The van der Waals surface area contributed by atoms with Crippen LogP contribution in [0.1, 0.15) is 41.0 Å². The van der Waals surface area contributed by atoms with E-state index in [0.29, 0.717) is 29.9 Å². The molecule has 6 nitrogen and oxygen atoms in total. The molecule has 0 heterocycles.